The van der Waals surface area contributed by atoms with Crippen LogP contribution in [0.15, 0.2) is 54.6 Å². The monoisotopic (exact) mass is 425 g/mol. The minimum absolute atomic E-state index is 0.429. The normalized spacial score (nSPS) is 13.6. The van der Waals surface area contributed by atoms with Gasteiger partial charge in [-0.3, -0.25) is 4.55 Å². The average molecular weight is 425 g/mol. The van der Waals surface area contributed by atoms with Gasteiger partial charge in [-0.05, 0) is 36.4 Å². The highest BCUT2D eigenvalue weighted by Gasteiger charge is 2.66. The van der Waals surface area contributed by atoms with E-state index < -0.39 is 39.2 Å². The first-order valence-corrected chi connectivity index (χ1v) is 8.81. The van der Waals surface area contributed by atoms with Crippen LogP contribution < -0.4 is 5.32 Å². The molecule has 2 rings (SSSR count). The highest BCUT2D eigenvalue weighted by molar-refractivity contribution is 7.86. The van der Waals surface area contributed by atoms with E-state index in [0.717, 1.165) is 12.1 Å². The van der Waals surface area contributed by atoms with Gasteiger partial charge in [-0.2, -0.15) is 30.4 Å². The van der Waals surface area contributed by atoms with Crippen LogP contribution in [0.5, 0.6) is 0 Å². The first kappa shape index (κ1) is 21.6. The van der Waals surface area contributed by atoms with Crippen LogP contribution >= 0.6 is 0 Å². The maximum atomic E-state index is 13.4. The molecule has 12 heteroatoms. The summed E-state index contributed by atoms with van der Waals surface area (Å²) in [5, 5.41) is -2.87. The largest absolute Gasteiger partial charge is 0.441 e. The molecule has 0 saturated heterocycles. The van der Waals surface area contributed by atoms with E-state index in [1.165, 1.54) is 12.1 Å². The number of para-hydroxylation sites is 1. The van der Waals surface area contributed by atoms with E-state index in [9.17, 15) is 35.2 Å². The number of esters is 1. The van der Waals surface area contributed by atoms with Crippen LogP contribution in [0.4, 0.5) is 33.3 Å². The number of hydrogen-bond donors (Lipinski definition) is 2. The Morgan fingerprint density at radius 2 is 1.43 bits per heavy atom. The molecule has 0 aromatic heterocycles. The molecule has 0 amide bonds. The average Bonchev–Trinajstić information content (AvgIpc) is 2.59. The molecule has 0 aliphatic heterocycles. The molecule has 0 bridgehead atoms. The summed E-state index contributed by atoms with van der Waals surface area (Å²) in [7, 11) is -6.49. The number of anilines is 2. The van der Waals surface area contributed by atoms with Crippen LogP contribution in [0, 0.1) is 0 Å². The number of carbonyl (C=O) groups excluding carboxylic acids is 1. The topological polar surface area (TPSA) is 92.7 Å². The Morgan fingerprint density at radius 1 is 0.929 bits per heavy atom. The molecule has 0 saturated carbocycles. The Hall–Kier alpha value is -2.73. The summed E-state index contributed by atoms with van der Waals surface area (Å²) in [5.41, 5.74) is 0.556. The molecule has 0 aliphatic carbocycles. The summed E-state index contributed by atoms with van der Waals surface area (Å²) in [6.07, 6.45) is -10.3. The summed E-state index contributed by atoms with van der Waals surface area (Å²) in [5.74, 6) is -1.85. The minimum atomic E-state index is -6.49. The van der Waals surface area contributed by atoms with E-state index >= 15 is 0 Å². The standard InChI is InChI=1S/C16H12F5NO5S/c17-15(18,19)14(16(20,21)28(24,25)26)27-13(23)10-6-8-12(9-7-10)22-11-4-2-1-3-5-11/h1-9,14,22H,(H,24,25,26). The van der Waals surface area contributed by atoms with Gasteiger partial charge < -0.3 is 10.1 Å². The fourth-order valence-corrected chi connectivity index (χ4v) is 2.47. The molecule has 2 aromatic rings. The Bertz CT molecular complexity index is 930. The zero-order valence-electron chi connectivity index (χ0n) is 13.7. The van der Waals surface area contributed by atoms with Crippen LogP contribution in [0.2, 0.25) is 0 Å². The second-order valence-electron chi connectivity index (χ2n) is 5.43. The quantitative estimate of drug-likeness (QED) is 0.413. The fraction of sp³-hybridized carbons (Fsp3) is 0.188. The van der Waals surface area contributed by atoms with Crippen LogP contribution in [0.25, 0.3) is 0 Å². The van der Waals surface area contributed by atoms with Crippen molar-refractivity contribution in [2.24, 2.45) is 0 Å². The van der Waals surface area contributed by atoms with Crippen LogP contribution in [0.1, 0.15) is 10.4 Å². The Morgan fingerprint density at radius 3 is 1.89 bits per heavy atom. The van der Waals surface area contributed by atoms with Crippen molar-refractivity contribution in [3.8, 4) is 0 Å². The van der Waals surface area contributed by atoms with Gasteiger partial charge in [-0.15, -0.1) is 0 Å². The lowest BCUT2D eigenvalue weighted by Gasteiger charge is -2.26. The lowest BCUT2D eigenvalue weighted by atomic mass is 10.2. The predicted octanol–water partition coefficient (Wildman–Crippen LogP) is 4.00. The smallest absolute Gasteiger partial charge is 0.432 e. The zero-order valence-corrected chi connectivity index (χ0v) is 14.5. The summed E-state index contributed by atoms with van der Waals surface area (Å²) >= 11 is 0. The number of benzene rings is 2. The molecule has 0 radical (unpaired) electrons. The van der Waals surface area contributed by atoms with Gasteiger partial charge in [0.25, 0.3) is 6.10 Å². The van der Waals surface area contributed by atoms with E-state index in [2.05, 4.69) is 10.1 Å². The number of nitrogens with one attached hydrogen (secondary N) is 1. The van der Waals surface area contributed by atoms with Crippen molar-refractivity contribution in [1.82, 2.24) is 0 Å². The number of ether oxygens (including phenoxy) is 1. The molecular weight excluding hydrogens is 413 g/mol. The van der Waals surface area contributed by atoms with Crippen molar-refractivity contribution >= 4 is 27.5 Å². The summed E-state index contributed by atoms with van der Waals surface area (Å²) < 4.78 is 98.4. The highest BCUT2D eigenvalue weighted by Crippen LogP contribution is 2.38. The highest BCUT2D eigenvalue weighted by atomic mass is 32.2. The van der Waals surface area contributed by atoms with Gasteiger partial charge in [-0.1, -0.05) is 18.2 Å². The summed E-state index contributed by atoms with van der Waals surface area (Å²) in [6, 6.07) is 13.2. The third-order valence-electron chi connectivity index (χ3n) is 3.35. The van der Waals surface area contributed by atoms with Crippen molar-refractivity contribution in [2.75, 3.05) is 5.32 Å². The molecule has 0 aliphatic rings. The predicted molar refractivity (Wildman–Crippen MR) is 87.9 cm³/mol. The van der Waals surface area contributed by atoms with Crippen molar-refractivity contribution in [2.45, 2.75) is 17.5 Å². The first-order chi connectivity index (χ1) is 12.8. The van der Waals surface area contributed by atoms with Crippen LogP contribution in [-0.4, -0.2) is 36.5 Å². The molecule has 1 unspecified atom stereocenters. The number of rotatable bonds is 6. The Kier molecular flexibility index (Phi) is 5.94. The van der Waals surface area contributed by atoms with E-state index in [0.29, 0.717) is 11.4 Å². The number of carbonyl (C=O) groups is 1. The molecule has 2 N–H and O–H groups in total. The zero-order chi connectivity index (χ0) is 21.2. The van der Waals surface area contributed by atoms with Crippen molar-refractivity contribution in [3.05, 3.63) is 60.2 Å². The SMILES string of the molecule is O=C(OC(C(F)(F)F)C(F)(F)S(=O)(=O)O)c1ccc(Nc2ccccc2)cc1. The number of hydrogen-bond acceptors (Lipinski definition) is 5. The molecule has 2 aromatic carbocycles. The molecule has 0 spiro atoms. The van der Waals surface area contributed by atoms with E-state index in [1.807, 2.05) is 0 Å². The van der Waals surface area contributed by atoms with Crippen molar-refractivity contribution < 1.29 is 44.5 Å². The van der Waals surface area contributed by atoms with Crippen LogP contribution in [-0.2, 0) is 14.9 Å². The van der Waals surface area contributed by atoms with Gasteiger partial charge in [0, 0.05) is 11.4 Å². The van der Waals surface area contributed by atoms with Gasteiger partial charge in [0.2, 0.25) is 0 Å². The molecule has 152 valence electrons. The second kappa shape index (κ2) is 7.72. The van der Waals surface area contributed by atoms with Crippen LogP contribution in [0.3, 0.4) is 0 Å². The van der Waals surface area contributed by atoms with E-state index in [-0.39, 0.29) is 0 Å². The van der Waals surface area contributed by atoms with Crippen molar-refractivity contribution in [3.63, 3.8) is 0 Å². The maximum Gasteiger partial charge on any atom is 0.432 e. The molecule has 6 nitrogen and oxygen atoms in total. The van der Waals surface area contributed by atoms with E-state index in [1.54, 1.807) is 30.3 Å². The lowest BCUT2D eigenvalue weighted by molar-refractivity contribution is -0.248. The minimum Gasteiger partial charge on any atom is -0.441 e. The van der Waals surface area contributed by atoms with Crippen molar-refractivity contribution in [1.29, 1.82) is 0 Å². The Labute approximate surface area is 155 Å². The van der Waals surface area contributed by atoms with Gasteiger partial charge in [-0.25, -0.2) is 4.79 Å². The molecule has 0 heterocycles. The molecular formula is C16H12F5NO5S. The second-order valence-corrected chi connectivity index (χ2v) is 6.93. The molecule has 0 fully saturated rings. The fourth-order valence-electron chi connectivity index (χ4n) is 2.01. The third-order valence-corrected chi connectivity index (χ3v) is 4.26. The molecule has 28 heavy (non-hydrogen) atoms. The number of alkyl halides is 5. The summed E-state index contributed by atoms with van der Waals surface area (Å²) in [6.45, 7) is 0. The Balaban J connectivity index is 2.20. The maximum absolute atomic E-state index is 13.4. The van der Waals surface area contributed by atoms with E-state index in [4.69, 9.17) is 4.55 Å². The van der Waals surface area contributed by atoms with Gasteiger partial charge in [0.05, 0.1) is 5.56 Å². The van der Waals surface area contributed by atoms with Gasteiger partial charge >= 0.3 is 27.5 Å². The van der Waals surface area contributed by atoms with Gasteiger partial charge in [0.1, 0.15) is 0 Å². The number of halogens is 5. The summed E-state index contributed by atoms with van der Waals surface area (Å²) in [4.78, 5) is 11.8. The lowest BCUT2D eigenvalue weighted by Crippen LogP contribution is -2.52. The molecule has 1 atom stereocenters. The first-order valence-electron chi connectivity index (χ1n) is 7.37. The van der Waals surface area contributed by atoms with Gasteiger partial charge in [0.15, 0.2) is 0 Å². The third kappa shape index (κ3) is 4.95.